The SMILES string of the molecule is CN1CCCC1CCNC(=O)Nc1ccc(C(=O)N2CCN(Cc3cccc(C(=O)NC(C)(C)C)c3)CC2)cc1F. The first-order valence-electron chi connectivity index (χ1n) is 14.5. The number of carbonyl (C=O) groups is 3. The van der Waals surface area contributed by atoms with Crippen LogP contribution >= 0.6 is 0 Å². The molecule has 0 saturated carbocycles. The van der Waals surface area contributed by atoms with E-state index in [0.717, 1.165) is 24.9 Å². The molecule has 1 unspecified atom stereocenters. The summed E-state index contributed by atoms with van der Waals surface area (Å²) in [6.45, 7) is 10.5. The van der Waals surface area contributed by atoms with Crippen LogP contribution in [0.25, 0.3) is 0 Å². The molecule has 4 rings (SSSR count). The number of hydrogen-bond donors (Lipinski definition) is 3. The minimum atomic E-state index is -0.643. The molecule has 0 radical (unpaired) electrons. The molecule has 0 spiro atoms. The number of piperazine rings is 1. The van der Waals surface area contributed by atoms with Crippen molar-refractivity contribution in [3.05, 3.63) is 65.0 Å². The van der Waals surface area contributed by atoms with E-state index in [4.69, 9.17) is 0 Å². The summed E-state index contributed by atoms with van der Waals surface area (Å²) < 4.78 is 14.8. The van der Waals surface area contributed by atoms with E-state index >= 15 is 0 Å². The van der Waals surface area contributed by atoms with Crippen LogP contribution in [0.2, 0.25) is 0 Å². The summed E-state index contributed by atoms with van der Waals surface area (Å²) in [5.41, 5.74) is 1.65. The molecule has 9 nitrogen and oxygen atoms in total. The number of hydrogen-bond acceptors (Lipinski definition) is 5. The number of likely N-dealkylation sites (tertiary alicyclic amines) is 1. The zero-order valence-corrected chi connectivity index (χ0v) is 24.6. The number of rotatable bonds is 8. The summed E-state index contributed by atoms with van der Waals surface area (Å²) in [7, 11) is 2.09. The third kappa shape index (κ3) is 8.74. The van der Waals surface area contributed by atoms with Crippen LogP contribution in [0.4, 0.5) is 14.9 Å². The quantitative estimate of drug-likeness (QED) is 0.450. The average molecular weight is 567 g/mol. The molecule has 10 heteroatoms. The Morgan fingerprint density at radius 2 is 1.73 bits per heavy atom. The number of halogens is 1. The molecule has 0 bridgehead atoms. The van der Waals surface area contributed by atoms with Gasteiger partial charge in [0.15, 0.2) is 0 Å². The van der Waals surface area contributed by atoms with Crippen molar-refractivity contribution < 1.29 is 18.8 Å². The van der Waals surface area contributed by atoms with Crippen LogP contribution < -0.4 is 16.0 Å². The van der Waals surface area contributed by atoms with Crippen LogP contribution in [0.1, 0.15) is 66.3 Å². The second-order valence-corrected chi connectivity index (χ2v) is 12.1. The van der Waals surface area contributed by atoms with Gasteiger partial charge < -0.3 is 25.8 Å². The lowest BCUT2D eigenvalue weighted by atomic mass is 10.1. The van der Waals surface area contributed by atoms with Crippen LogP contribution in [-0.2, 0) is 6.54 Å². The molecule has 2 fully saturated rings. The van der Waals surface area contributed by atoms with E-state index in [1.165, 1.54) is 18.6 Å². The van der Waals surface area contributed by atoms with Crippen molar-refractivity contribution in [1.82, 2.24) is 25.3 Å². The zero-order chi connectivity index (χ0) is 29.6. The highest BCUT2D eigenvalue weighted by Gasteiger charge is 2.24. The molecule has 2 saturated heterocycles. The maximum Gasteiger partial charge on any atom is 0.319 e. The molecule has 0 aromatic heterocycles. The number of nitrogens with zero attached hydrogens (tertiary/aromatic N) is 3. The lowest BCUT2D eigenvalue weighted by Gasteiger charge is -2.35. The highest BCUT2D eigenvalue weighted by molar-refractivity contribution is 5.96. The van der Waals surface area contributed by atoms with Gasteiger partial charge in [0.05, 0.1) is 5.69 Å². The summed E-state index contributed by atoms with van der Waals surface area (Å²) in [5.74, 6) is -0.979. The lowest BCUT2D eigenvalue weighted by Crippen LogP contribution is -2.48. The highest BCUT2D eigenvalue weighted by atomic mass is 19.1. The molecule has 4 amide bonds. The third-order valence-electron chi connectivity index (χ3n) is 7.64. The number of nitrogens with one attached hydrogen (secondary N) is 3. The van der Waals surface area contributed by atoms with E-state index in [1.807, 2.05) is 45.0 Å². The van der Waals surface area contributed by atoms with Gasteiger partial charge in [0, 0.05) is 62.0 Å². The Morgan fingerprint density at radius 3 is 2.39 bits per heavy atom. The molecule has 2 heterocycles. The second-order valence-electron chi connectivity index (χ2n) is 12.1. The number of anilines is 1. The summed E-state index contributed by atoms with van der Waals surface area (Å²) in [6, 6.07) is 11.8. The maximum absolute atomic E-state index is 14.8. The monoisotopic (exact) mass is 566 g/mol. The van der Waals surface area contributed by atoms with E-state index in [9.17, 15) is 18.8 Å². The van der Waals surface area contributed by atoms with Crippen molar-refractivity contribution in [2.75, 3.05) is 51.6 Å². The minimum Gasteiger partial charge on any atom is -0.347 e. The van der Waals surface area contributed by atoms with Gasteiger partial charge >= 0.3 is 6.03 Å². The fourth-order valence-corrected chi connectivity index (χ4v) is 5.39. The Bertz CT molecular complexity index is 1240. The van der Waals surface area contributed by atoms with Crippen LogP contribution in [0.3, 0.4) is 0 Å². The molecule has 2 aliphatic rings. The van der Waals surface area contributed by atoms with Crippen molar-refractivity contribution in [1.29, 1.82) is 0 Å². The predicted octanol–water partition coefficient (Wildman–Crippen LogP) is 3.92. The van der Waals surface area contributed by atoms with E-state index in [2.05, 4.69) is 32.8 Å². The molecule has 41 heavy (non-hydrogen) atoms. The van der Waals surface area contributed by atoms with Crippen LogP contribution in [0.5, 0.6) is 0 Å². The lowest BCUT2D eigenvalue weighted by molar-refractivity contribution is 0.0627. The van der Waals surface area contributed by atoms with Gasteiger partial charge in [0.25, 0.3) is 11.8 Å². The van der Waals surface area contributed by atoms with Crippen LogP contribution in [0, 0.1) is 5.82 Å². The van der Waals surface area contributed by atoms with Crippen molar-refractivity contribution >= 4 is 23.5 Å². The molecule has 0 aliphatic carbocycles. The van der Waals surface area contributed by atoms with Gasteiger partial charge in [0.1, 0.15) is 5.82 Å². The first-order valence-corrected chi connectivity index (χ1v) is 14.5. The van der Waals surface area contributed by atoms with Gasteiger partial charge in [0.2, 0.25) is 0 Å². The fraction of sp³-hybridized carbons (Fsp3) is 0.516. The largest absolute Gasteiger partial charge is 0.347 e. The fourth-order valence-electron chi connectivity index (χ4n) is 5.39. The molecule has 222 valence electrons. The third-order valence-corrected chi connectivity index (χ3v) is 7.64. The van der Waals surface area contributed by atoms with E-state index < -0.39 is 11.8 Å². The Hall–Kier alpha value is -3.50. The number of amides is 4. The van der Waals surface area contributed by atoms with E-state index in [-0.39, 0.29) is 28.6 Å². The second kappa shape index (κ2) is 13.4. The van der Waals surface area contributed by atoms with Crippen LogP contribution in [0.15, 0.2) is 42.5 Å². The smallest absolute Gasteiger partial charge is 0.319 e. The Balaban J connectivity index is 1.24. The first-order chi connectivity index (χ1) is 19.5. The summed E-state index contributed by atoms with van der Waals surface area (Å²) in [4.78, 5) is 44.1. The molecule has 2 aromatic carbocycles. The van der Waals surface area contributed by atoms with E-state index in [0.29, 0.717) is 50.9 Å². The predicted molar refractivity (Wildman–Crippen MR) is 159 cm³/mol. The standard InChI is InChI=1S/C31H43FN6O3/c1-31(2,3)35-28(39)23-8-5-7-22(19-23)21-37-15-17-38(18-16-37)29(40)24-10-11-27(26(32)20-24)34-30(41)33-13-12-25-9-6-14-36(25)4/h5,7-8,10-11,19-20,25H,6,9,12-18,21H2,1-4H3,(H,35,39)(H2,33,34,41). The van der Waals surface area contributed by atoms with E-state index in [1.54, 1.807) is 11.0 Å². The van der Waals surface area contributed by atoms with Gasteiger partial charge in [-0.2, -0.15) is 0 Å². The van der Waals surface area contributed by atoms with Crippen molar-refractivity contribution in [2.24, 2.45) is 0 Å². The van der Waals surface area contributed by atoms with Gasteiger partial charge in [-0.05, 0) is 89.5 Å². The Labute approximate surface area is 242 Å². The summed E-state index contributed by atoms with van der Waals surface area (Å²) in [5, 5.41) is 8.33. The highest BCUT2D eigenvalue weighted by Crippen LogP contribution is 2.20. The summed E-state index contributed by atoms with van der Waals surface area (Å²) in [6.07, 6.45) is 3.16. The average Bonchev–Trinajstić information content (AvgIpc) is 3.33. The van der Waals surface area contributed by atoms with Crippen molar-refractivity contribution in [3.63, 3.8) is 0 Å². The van der Waals surface area contributed by atoms with Gasteiger partial charge in [-0.15, -0.1) is 0 Å². The topological polar surface area (TPSA) is 97.0 Å². The Morgan fingerprint density at radius 1 is 0.976 bits per heavy atom. The number of benzene rings is 2. The van der Waals surface area contributed by atoms with Crippen molar-refractivity contribution in [3.8, 4) is 0 Å². The molecular formula is C31H43FN6O3. The van der Waals surface area contributed by atoms with Gasteiger partial charge in [-0.25, -0.2) is 9.18 Å². The molecular weight excluding hydrogens is 523 g/mol. The van der Waals surface area contributed by atoms with Crippen molar-refractivity contribution in [2.45, 2.75) is 58.2 Å². The molecule has 2 aliphatic heterocycles. The number of carbonyl (C=O) groups excluding carboxylic acids is 3. The Kier molecular flexibility index (Phi) is 9.99. The van der Waals surface area contributed by atoms with Gasteiger partial charge in [-0.1, -0.05) is 12.1 Å². The normalized spacial score (nSPS) is 18.3. The van der Waals surface area contributed by atoms with Crippen LogP contribution in [-0.4, -0.2) is 90.4 Å². The zero-order valence-electron chi connectivity index (χ0n) is 24.6. The first kappa shape index (κ1) is 30.5. The summed E-state index contributed by atoms with van der Waals surface area (Å²) >= 11 is 0. The minimum absolute atomic E-state index is 0.0419. The van der Waals surface area contributed by atoms with Gasteiger partial charge in [-0.3, -0.25) is 14.5 Å². The molecule has 3 N–H and O–H groups in total. The number of urea groups is 1. The maximum atomic E-state index is 14.8. The molecule has 1 atom stereocenters. The molecule has 2 aromatic rings.